The first kappa shape index (κ1) is 14.6. The molecule has 1 aromatic carbocycles. The molecule has 0 atom stereocenters. The van der Waals surface area contributed by atoms with Gasteiger partial charge in [-0.1, -0.05) is 6.07 Å². The van der Waals surface area contributed by atoms with Gasteiger partial charge in [0, 0.05) is 0 Å². The van der Waals surface area contributed by atoms with E-state index in [1.54, 1.807) is 12.1 Å². The van der Waals surface area contributed by atoms with E-state index in [2.05, 4.69) is 10.1 Å². The van der Waals surface area contributed by atoms with Crippen LogP contribution < -0.4 is 15.5 Å². The molecule has 3 rings (SSSR count). The second-order valence-corrected chi connectivity index (χ2v) is 6.44. The largest absolute Gasteiger partial charge is 0.494 e. The number of anilines is 1. The van der Waals surface area contributed by atoms with Gasteiger partial charge in [0.05, 0.1) is 16.9 Å². The molecule has 1 N–H and O–H groups in total. The zero-order valence-electron chi connectivity index (χ0n) is 12.5. The Kier molecular flexibility index (Phi) is 3.01. The van der Waals surface area contributed by atoms with E-state index in [0.29, 0.717) is 5.69 Å². The number of nitrogens with one attached hydrogen (secondary N) is 1. The van der Waals surface area contributed by atoms with Crippen molar-refractivity contribution in [3.63, 3.8) is 0 Å². The number of ether oxygens (including phenoxy) is 1. The molecule has 0 unspecified atom stereocenters. The minimum Gasteiger partial charge on any atom is -0.429 e. The van der Waals surface area contributed by atoms with Crippen LogP contribution in [0.5, 0.6) is 5.75 Å². The summed E-state index contributed by atoms with van der Waals surface area (Å²) in [5, 5.41) is 2.67. The van der Waals surface area contributed by atoms with Crippen LogP contribution in [0.2, 0.25) is 0 Å². The normalized spacial score (nSPS) is 25.0. The first-order chi connectivity index (χ1) is 9.60. The molecule has 0 aliphatic carbocycles. The van der Waals surface area contributed by atoms with E-state index in [1.165, 1.54) is 6.07 Å². The predicted octanol–water partition coefficient (Wildman–Crippen LogP) is 2.38. The Morgan fingerprint density at radius 1 is 1.10 bits per heavy atom. The number of rotatable bonds is 1. The van der Waals surface area contributed by atoms with Gasteiger partial charge in [-0.3, -0.25) is 0 Å². The molecule has 21 heavy (non-hydrogen) atoms. The highest BCUT2D eigenvalue weighted by atomic mass is 19.3. The van der Waals surface area contributed by atoms with Crippen LogP contribution >= 0.6 is 0 Å². The van der Waals surface area contributed by atoms with Gasteiger partial charge in [0.2, 0.25) is 0 Å². The van der Waals surface area contributed by atoms with E-state index in [4.69, 9.17) is 9.31 Å². The molecular formula is C14H18BF2NO3. The number of hydrogen-bond acceptors (Lipinski definition) is 4. The standard InChI is InChI=1S/C14H18BF2NO3/c1-12(2)13(3,4)21-15(20-12)9-5-6-11-10(7-9)18-8-14(16,17)19-11/h5-7,18H,8H2,1-4H3. The van der Waals surface area contributed by atoms with Crippen LogP contribution in [0.15, 0.2) is 18.2 Å². The molecule has 114 valence electrons. The molecular weight excluding hydrogens is 279 g/mol. The van der Waals surface area contributed by atoms with Gasteiger partial charge in [-0.2, -0.15) is 8.78 Å². The maximum absolute atomic E-state index is 13.2. The third-order valence-corrected chi connectivity index (χ3v) is 4.27. The Morgan fingerprint density at radius 2 is 1.71 bits per heavy atom. The third kappa shape index (κ3) is 2.49. The summed E-state index contributed by atoms with van der Waals surface area (Å²) in [4.78, 5) is 0. The van der Waals surface area contributed by atoms with Gasteiger partial charge in [0.25, 0.3) is 0 Å². The lowest BCUT2D eigenvalue weighted by Gasteiger charge is -2.32. The topological polar surface area (TPSA) is 39.7 Å². The van der Waals surface area contributed by atoms with E-state index in [9.17, 15) is 8.78 Å². The summed E-state index contributed by atoms with van der Waals surface area (Å²) in [6.45, 7) is 7.31. The van der Waals surface area contributed by atoms with Crippen molar-refractivity contribution in [3.05, 3.63) is 18.2 Å². The lowest BCUT2D eigenvalue weighted by atomic mass is 9.79. The van der Waals surface area contributed by atoms with Gasteiger partial charge in [-0.15, -0.1) is 0 Å². The Hall–Kier alpha value is -1.34. The van der Waals surface area contributed by atoms with Crippen molar-refractivity contribution in [2.45, 2.75) is 45.0 Å². The van der Waals surface area contributed by atoms with Crippen molar-refractivity contribution in [2.75, 3.05) is 11.9 Å². The third-order valence-electron chi connectivity index (χ3n) is 4.27. The first-order valence-corrected chi connectivity index (χ1v) is 6.90. The summed E-state index contributed by atoms with van der Waals surface area (Å²) in [7, 11) is -0.524. The molecule has 4 nitrogen and oxygen atoms in total. The van der Waals surface area contributed by atoms with Crippen molar-refractivity contribution in [3.8, 4) is 5.75 Å². The molecule has 0 radical (unpaired) electrons. The monoisotopic (exact) mass is 297 g/mol. The van der Waals surface area contributed by atoms with E-state index >= 15 is 0 Å². The average Bonchev–Trinajstić information content (AvgIpc) is 2.57. The quantitative estimate of drug-likeness (QED) is 0.808. The summed E-state index contributed by atoms with van der Waals surface area (Å²) >= 11 is 0. The maximum Gasteiger partial charge on any atom is 0.494 e. The van der Waals surface area contributed by atoms with E-state index in [-0.39, 0.29) is 5.75 Å². The predicted molar refractivity (Wildman–Crippen MR) is 76.2 cm³/mol. The maximum atomic E-state index is 13.2. The van der Waals surface area contributed by atoms with Crippen LogP contribution in [0.25, 0.3) is 0 Å². The molecule has 7 heteroatoms. The van der Waals surface area contributed by atoms with Crippen molar-refractivity contribution in [1.29, 1.82) is 0 Å². The van der Waals surface area contributed by atoms with Crippen molar-refractivity contribution < 1.29 is 22.8 Å². The lowest BCUT2D eigenvalue weighted by molar-refractivity contribution is -0.166. The summed E-state index contributed by atoms with van der Waals surface area (Å²) < 4.78 is 42.8. The number of halogens is 2. The second-order valence-electron chi connectivity index (χ2n) is 6.44. The molecule has 2 aliphatic rings. The molecule has 0 bridgehead atoms. The fourth-order valence-electron chi connectivity index (χ4n) is 2.30. The molecule has 0 aromatic heterocycles. The number of hydrogen-bond donors (Lipinski definition) is 1. The Labute approximate surface area is 122 Å². The summed E-state index contributed by atoms with van der Waals surface area (Å²) in [5.74, 6) is 0.131. The van der Waals surface area contributed by atoms with Gasteiger partial charge in [-0.05, 0) is 45.3 Å². The molecule has 0 amide bonds. The van der Waals surface area contributed by atoms with Crippen molar-refractivity contribution >= 4 is 18.3 Å². The highest BCUT2D eigenvalue weighted by Gasteiger charge is 2.52. The second kappa shape index (κ2) is 4.33. The molecule has 1 fully saturated rings. The van der Waals surface area contributed by atoms with Crippen LogP contribution in [0, 0.1) is 0 Å². The fourth-order valence-corrected chi connectivity index (χ4v) is 2.30. The Balaban J connectivity index is 1.86. The smallest absolute Gasteiger partial charge is 0.429 e. The summed E-state index contributed by atoms with van der Waals surface area (Å²) in [6.07, 6.45) is -3.18. The number of alkyl halides is 2. The summed E-state index contributed by atoms with van der Waals surface area (Å²) in [6, 6.07) is 4.92. The van der Waals surface area contributed by atoms with Crippen LogP contribution in [0.1, 0.15) is 27.7 Å². The van der Waals surface area contributed by atoms with Gasteiger partial charge in [0.1, 0.15) is 12.3 Å². The van der Waals surface area contributed by atoms with Crippen LogP contribution in [-0.4, -0.2) is 31.0 Å². The van der Waals surface area contributed by atoms with E-state index in [0.717, 1.165) is 5.46 Å². The van der Waals surface area contributed by atoms with Gasteiger partial charge in [-0.25, -0.2) is 0 Å². The van der Waals surface area contributed by atoms with Crippen molar-refractivity contribution in [2.24, 2.45) is 0 Å². The molecule has 0 saturated carbocycles. The van der Waals surface area contributed by atoms with Crippen LogP contribution in [0.3, 0.4) is 0 Å². The minimum absolute atomic E-state index is 0.131. The van der Waals surface area contributed by atoms with Gasteiger partial charge in [0.15, 0.2) is 0 Å². The number of fused-ring (bicyclic) bond motifs is 1. The van der Waals surface area contributed by atoms with Gasteiger partial charge < -0.3 is 19.4 Å². The zero-order chi connectivity index (χ0) is 15.5. The van der Waals surface area contributed by atoms with Crippen molar-refractivity contribution in [1.82, 2.24) is 0 Å². The zero-order valence-corrected chi connectivity index (χ0v) is 12.5. The lowest BCUT2D eigenvalue weighted by Crippen LogP contribution is -2.41. The first-order valence-electron chi connectivity index (χ1n) is 6.90. The van der Waals surface area contributed by atoms with E-state index < -0.39 is 31.0 Å². The SMILES string of the molecule is CC1(C)OB(c2ccc3c(c2)NCC(F)(F)O3)OC1(C)C. The van der Waals surface area contributed by atoms with Crippen LogP contribution in [-0.2, 0) is 9.31 Å². The Morgan fingerprint density at radius 3 is 2.33 bits per heavy atom. The molecule has 0 spiro atoms. The number of benzene rings is 1. The van der Waals surface area contributed by atoms with Crippen LogP contribution in [0.4, 0.5) is 14.5 Å². The Bertz CT molecular complexity index is 561. The molecule has 1 aromatic rings. The summed E-state index contributed by atoms with van der Waals surface area (Å²) in [5.41, 5.74) is 0.413. The highest BCUT2D eigenvalue weighted by molar-refractivity contribution is 6.62. The molecule has 1 saturated heterocycles. The van der Waals surface area contributed by atoms with E-state index in [1.807, 2.05) is 27.7 Å². The highest BCUT2D eigenvalue weighted by Crippen LogP contribution is 2.38. The fraction of sp³-hybridized carbons (Fsp3) is 0.571. The van der Waals surface area contributed by atoms with Gasteiger partial charge >= 0.3 is 13.2 Å². The minimum atomic E-state index is -3.18. The molecule has 2 heterocycles. The molecule has 2 aliphatic heterocycles. The average molecular weight is 297 g/mol.